The lowest BCUT2D eigenvalue weighted by atomic mass is 10.1. The molecule has 0 radical (unpaired) electrons. The lowest BCUT2D eigenvalue weighted by Gasteiger charge is -2.35. The van der Waals surface area contributed by atoms with Gasteiger partial charge < -0.3 is 10.6 Å². The molecule has 2 rings (SSSR count). The number of nitrogens with two attached hydrogens (primary N) is 1. The quantitative estimate of drug-likeness (QED) is 0.876. The maximum Gasteiger partial charge on any atom is 0.123 e. The Labute approximate surface area is 115 Å². The van der Waals surface area contributed by atoms with Crippen LogP contribution in [0.5, 0.6) is 0 Å². The lowest BCUT2D eigenvalue weighted by Crippen LogP contribution is -2.47. The Balaban J connectivity index is 1.75. The molecule has 106 valence electrons. The zero-order valence-electron chi connectivity index (χ0n) is 11.7. The molecule has 1 saturated heterocycles. The largest absolute Gasteiger partial charge is 0.330 e. The van der Waals surface area contributed by atoms with E-state index in [9.17, 15) is 4.39 Å². The molecular formula is C15H24FN3. The van der Waals surface area contributed by atoms with Crippen molar-refractivity contribution in [1.82, 2.24) is 9.80 Å². The monoisotopic (exact) mass is 265 g/mol. The van der Waals surface area contributed by atoms with Crippen LogP contribution in [-0.2, 0) is 6.54 Å². The highest BCUT2D eigenvalue weighted by molar-refractivity contribution is 5.15. The molecule has 0 bridgehead atoms. The third-order valence-electron chi connectivity index (χ3n) is 3.76. The fourth-order valence-corrected chi connectivity index (χ4v) is 2.49. The third-order valence-corrected chi connectivity index (χ3v) is 3.76. The van der Waals surface area contributed by atoms with E-state index in [1.54, 1.807) is 0 Å². The van der Waals surface area contributed by atoms with Crippen molar-refractivity contribution >= 4 is 0 Å². The van der Waals surface area contributed by atoms with Crippen LogP contribution in [0.1, 0.15) is 12.5 Å². The van der Waals surface area contributed by atoms with E-state index in [-0.39, 0.29) is 5.82 Å². The van der Waals surface area contributed by atoms with Crippen molar-refractivity contribution in [2.75, 3.05) is 39.3 Å². The molecule has 1 aromatic rings. The Morgan fingerprint density at radius 2 is 1.68 bits per heavy atom. The number of halogens is 1. The smallest absolute Gasteiger partial charge is 0.123 e. The van der Waals surface area contributed by atoms with Crippen molar-refractivity contribution in [3.8, 4) is 0 Å². The minimum Gasteiger partial charge on any atom is -0.330 e. The molecule has 0 saturated carbocycles. The topological polar surface area (TPSA) is 32.5 Å². The summed E-state index contributed by atoms with van der Waals surface area (Å²) < 4.78 is 12.8. The summed E-state index contributed by atoms with van der Waals surface area (Å²) in [5.74, 6) is 0.410. The van der Waals surface area contributed by atoms with E-state index < -0.39 is 0 Å². The highest BCUT2D eigenvalue weighted by atomic mass is 19.1. The fraction of sp³-hybridized carbons (Fsp3) is 0.600. The Morgan fingerprint density at radius 1 is 1.11 bits per heavy atom. The van der Waals surface area contributed by atoms with E-state index in [0.717, 1.165) is 45.8 Å². The highest BCUT2D eigenvalue weighted by Crippen LogP contribution is 2.10. The van der Waals surface area contributed by atoms with Crippen LogP contribution in [0, 0.1) is 11.7 Å². The zero-order chi connectivity index (χ0) is 13.7. The van der Waals surface area contributed by atoms with Gasteiger partial charge in [-0.05, 0) is 30.2 Å². The number of hydrogen-bond donors (Lipinski definition) is 1. The van der Waals surface area contributed by atoms with Crippen LogP contribution in [0.15, 0.2) is 24.3 Å². The van der Waals surface area contributed by atoms with Crippen molar-refractivity contribution in [3.05, 3.63) is 35.6 Å². The van der Waals surface area contributed by atoms with Crippen LogP contribution >= 0.6 is 0 Å². The maximum atomic E-state index is 12.8. The summed E-state index contributed by atoms with van der Waals surface area (Å²) >= 11 is 0. The number of hydrogen-bond acceptors (Lipinski definition) is 3. The molecule has 1 unspecified atom stereocenters. The fourth-order valence-electron chi connectivity index (χ4n) is 2.49. The lowest BCUT2D eigenvalue weighted by molar-refractivity contribution is 0.116. The summed E-state index contributed by atoms with van der Waals surface area (Å²) in [6.45, 7) is 9.34. The van der Waals surface area contributed by atoms with Crippen molar-refractivity contribution < 1.29 is 4.39 Å². The standard InChI is InChI=1S/C15H24FN3/c1-13(10-17)11-18-6-8-19(9-7-18)12-14-2-4-15(16)5-3-14/h2-5,13H,6-12,17H2,1H3. The SMILES string of the molecule is CC(CN)CN1CCN(Cc2ccc(F)cc2)CC1. The predicted molar refractivity (Wildman–Crippen MR) is 76.3 cm³/mol. The Morgan fingerprint density at radius 3 is 2.26 bits per heavy atom. The summed E-state index contributed by atoms with van der Waals surface area (Å²) in [5, 5.41) is 0. The van der Waals surface area contributed by atoms with E-state index in [0.29, 0.717) is 5.92 Å². The van der Waals surface area contributed by atoms with E-state index in [2.05, 4.69) is 16.7 Å². The van der Waals surface area contributed by atoms with Crippen LogP contribution in [0.3, 0.4) is 0 Å². The second-order valence-electron chi connectivity index (χ2n) is 5.54. The second-order valence-corrected chi connectivity index (χ2v) is 5.54. The number of benzene rings is 1. The highest BCUT2D eigenvalue weighted by Gasteiger charge is 2.18. The first-order chi connectivity index (χ1) is 9.17. The number of piperazine rings is 1. The van der Waals surface area contributed by atoms with Crippen LogP contribution < -0.4 is 5.73 Å². The first-order valence-corrected chi connectivity index (χ1v) is 7.06. The zero-order valence-corrected chi connectivity index (χ0v) is 11.7. The van der Waals surface area contributed by atoms with Gasteiger partial charge >= 0.3 is 0 Å². The van der Waals surface area contributed by atoms with Crippen LogP contribution in [0.25, 0.3) is 0 Å². The molecule has 4 heteroatoms. The normalized spacial score (nSPS) is 19.5. The minimum atomic E-state index is -0.163. The van der Waals surface area contributed by atoms with Crippen LogP contribution in [-0.4, -0.2) is 49.1 Å². The number of nitrogens with zero attached hydrogens (tertiary/aromatic N) is 2. The molecule has 1 heterocycles. The van der Waals surface area contributed by atoms with Gasteiger partial charge in [-0.3, -0.25) is 4.90 Å². The van der Waals surface area contributed by atoms with Gasteiger partial charge in [0.1, 0.15) is 5.82 Å². The van der Waals surface area contributed by atoms with E-state index in [4.69, 9.17) is 5.73 Å². The summed E-state index contributed by atoms with van der Waals surface area (Å²) in [4.78, 5) is 4.91. The van der Waals surface area contributed by atoms with Gasteiger partial charge in [-0.2, -0.15) is 0 Å². The first kappa shape index (κ1) is 14.4. The Kier molecular flexibility index (Phi) is 5.31. The molecule has 2 N–H and O–H groups in total. The van der Waals surface area contributed by atoms with Crippen molar-refractivity contribution in [3.63, 3.8) is 0 Å². The Hall–Kier alpha value is -0.970. The van der Waals surface area contributed by atoms with Crippen molar-refractivity contribution in [2.45, 2.75) is 13.5 Å². The van der Waals surface area contributed by atoms with Gasteiger partial charge in [-0.1, -0.05) is 19.1 Å². The molecule has 1 aliphatic heterocycles. The maximum absolute atomic E-state index is 12.8. The summed E-state index contributed by atoms with van der Waals surface area (Å²) in [5.41, 5.74) is 6.85. The second kappa shape index (κ2) is 6.98. The van der Waals surface area contributed by atoms with Gasteiger partial charge in [-0.15, -0.1) is 0 Å². The van der Waals surface area contributed by atoms with Crippen LogP contribution in [0.2, 0.25) is 0 Å². The minimum absolute atomic E-state index is 0.163. The molecule has 1 aromatic carbocycles. The molecule has 1 fully saturated rings. The molecule has 0 amide bonds. The molecule has 0 aromatic heterocycles. The number of rotatable bonds is 5. The van der Waals surface area contributed by atoms with Gasteiger partial charge in [0.05, 0.1) is 0 Å². The molecule has 19 heavy (non-hydrogen) atoms. The van der Waals surface area contributed by atoms with Gasteiger partial charge in [0.2, 0.25) is 0 Å². The summed E-state index contributed by atoms with van der Waals surface area (Å²) in [7, 11) is 0. The third kappa shape index (κ3) is 4.56. The summed E-state index contributed by atoms with van der Waals surface area (Å²) in [6, 6.07) is 6.82. The van der Waals surface area contributed by atoms with Crippen molar-refractivity contribution in [2.24, 2.45) is 11.7 Å². The van der Waals surface area contributed by atoms with E-state index >= 15 is 0 Å². The van der Waals surface area contributed by atoms with E-state index in [1.807, 2.05) is 12.1 Å². The van der Waals surface area contributed by atoms with Crippen LogP contribution in [0.4, 0.5) is 4.39 Å². The van der Waals surface area contributed by atoms with Gasteiger partial charge in [-0.25, -0.2) is 4.39 Å². The van der Waals surface area contributed by atoms with Crippen molar-refractivity contribution in [1.29, 1.82) is 0 Å². The Bertz CT molecular complexity index is 371. The molecule has 1 atom stereocenters. The average Bonchev–Trinajstić information content (AvgIpc) is 2.43. The summed E-state index contributed by atoms with van der Waals surface area (Å²) in [6.07, 6.45) is 0. The molecular weight excluding hydrogens is 241 g/mol. The molecule has 0 aliphatic carbocycles. The van der Waals surface area contributed by atoms with Gasteiger partial charge in [0.25, 0.3) is 0 Å². The predicted octanol–water partition coefficient (Wildman–Crippen LogP) is 1.54. The van der Waals surface area contributed by atoms with Gasteiger partial charge in [0, 0.05) is 39.3 Å². The molecule has 0 spiro atoms. The molecule has 3 nitrogen and oxygen atoms in total. The average molecular weight is 265 g/mol. The first-order valence-electron chi connectivity index (χ1n) is 7.06. The molecule has 1 aliphatic rings. The van der Waals surface area contributed by atoms with E-state index in [1.165, 1.54) is 17.7 Å². The van der Waals surface area contributed by atoms with Gasteiger partial charge in [0.15, 0.2) is 0 Å².